The van der Waals surface area contributed by atoms with Crippen LogP contribution in [0.4, 0.5) is 0 Å². The zero-order valence-electron chi connectivity index (χ0n) is 9.72. The van der Waals surface area contributed by atoms with Crippen molar-refractivity contribution in [3.63, 3.8) is 0 Å². The third kappa shape index (κ3) is 5.01. The molecule has 1 unspecified atom stereocenters. The van der Waals surface area contributed by atoms with Crippen molar-refractivity contribution in [1.82, 2.24) is 0 Å². The van der Waals surface area contributed by atoms with Crippen molar-refractivity contribution in [1.29, 1.82) is 0 Å². The highest BCUT2D eigenvalue weighted by atomic mass is 32.2. The van der Waals surface area contributed by atoms with Crippen molar-refractivity contribution >= 4 is 11.8 Å². The lowest BCUT2D eigenvalue weighted by Crippen LogP contribution is -1.91. The van der Waals surface area contributed by atoms with Gasteiger partial charge in [0.05, 0.1) is 6.10 Å². The van der Waals surface area contributed by atoms with E-state index in [0.29, 0.717) is 6.61 Å². The molecule has 1 aromatic rings. The Labute approximate surface area is 102 Å². The minimum absolute atomic E-state index is 0.294. The third-order valence-corrected chi connectivity index (χ3v) is 3.49. The number of unbranched alkanes of at least 4 members (excludes halogenated alkanes) is 2. The molecule has 0 aromatic heterocycles. The van der Waals surface area contributed by atoms with Gasteiger partial charge in [-0.15, -0.1) is 11.8 Å². The van der Waals surface area contributed by atoms with Crippen LogP contribution in [0.25, 0.3) is 0 Å². The number of benzene rings is 1. The predicted molar refractivity (Wildman–Crippen MR) is 68.7 cm³/mol. The first kappa shape index (κ1) is 13.6. The number of rotatable bonds is 7. The van der Waals surface area contributed by atoms with Crippen LogP contribution in [0.15, 0.2) is 29.2 Å². The van der Waals surface area contributed by atoms with E-state index in [-0.39, 0.29) is 0 Å². The Morgan fingerprint density at radius 3 is 2.75 bits per heavy atom. The van der Waals surface area contributed by atoms with Crippen molar-refractivity contribution in [2.45, 2.75) is 37.2 Å². The summed E-state index contributed by atoms with van der Waals surface area (Å²) in [5, 5.41) is 18.1. The molecule has 1 rings (SSSR count). The topological polar surface area (TPSA) is 40.5 Å². The van der Waals surface area contributed by atoms with Crippen molar-refractivity contribution in [2.24, 2.45) is 0 Å². The molecule has 0 fully saturated rings. The first-order valence-corrected chi connectivity index (χ1v) is 6.74. The van der Waals surface area contributed by atoms with Crippen molar-refractivity contribution in [3.8, 4) is 0 Å². The predicted octanol–water partition coefficient (Wildman–Crippen LogP) is 2.99. The maximum absolute atomic E-state index is 9.45. The minimum atomic E-state index is -0.394. The Morgan fingerprint density at radius 1 is 1.25 bits per heavy atom. The Morgan fingerprint density at radius 2 is 2.06 bits per heavy atom. The lowest BCUT2D eigenvalue weighted by molar-refractivity contribution is 0.199. The van der Waals surface area contributed by atoms with Gasteiger partial charge in [-0.25, -0.2) is 0 Å². The van der Waals surface area contributed by atoms with Gasteiger partial charge in [0.15, 0.2) is 0 Å². The second-order valence-corrected chi connectivity index (χ2v) is 5.05. The standard InChI is InChI=1S/C13H20O2S/c1-11(15)12-6-5-7-13(10-12)16-9-4-2-3-8-14/h5-7,10-11,14-15H,2-4,8-9H2,1H3. The Bertz CT molecular complexity index is 300. The summed E-state index contributed by atoms with van der Waals surface area (Å²) in [5.41, 5.74) is 0.973. The summed E-state index contributed by atoms with van der Waals surface area (Å²) in [6, 6.07) is 8.04. The number of thioether (sulfide) groups is 1. The molecule has 0 amide bonds. The maximum Gasteiger partial charge on any atom is 0.0762 e. The summed E-state index contributed by atoms with van der Waals surface area (Å²) in [6.45, 7) is 2.08. The van der Waals surface area contributed by atoms with Crippen LogP contribution in [-0.4, -0.2) is 22.6 Å². The molecule has 3 heteroatoms. The van der Waals surface area contributed by atoms with Crippen LogP contribution in [0.1, 0.15) is 37.9 Å². The van der Waals surface area contributed by atoms with Gasteiger partial charge in [-0.1, -0.05) is 18.6 Å². The largest absolute Gasteiger partial charge is 0.396 e. The molecule has 0 aliphatic rings. The molecule has 0 saturated heterocycles. The quantitative estimate of drug-likeness (QED) is 0.568. The monoisotopic (exact) mass is 240 g/mol. The van der Waals surface area contributed by atoms with Crippen LogP contribution in [0.3, 0.4) is 0 Å². The molecule has 0 radical (unpaired) electrons. The Kier molecular flexibility index (Phi) is 6.53. The van der Waals surface area contributed by atoms with Crippen molar-refractivity contribution in [3.05, 3.63) is 29.8 Å². The lowest BCUT2D eigenvalue weighted by atomic mass is 10.1. The zero-order chi connectivity index (χ0) is 11.8. The number of hydrogen-bond acceptors (Lipinski definition) is 3. The highest BCUT2D eigenvalue weighted by Gasteiger charge is 2.01. The van der Waals surface area contributed by atoms with Gasteiger partial charge in [0.25, 0.3) is 0 Å². The normalized spacial score (nSPS) is 12.7. The number of aliphatic hydroxyl groups excluding tert-OH is 2. The molecule has 0 saturated carbocycles. The van der Waals surface area contributed by atoms with E-state index in [2.05, 4.69) is 6.07 Å². The summed E-state index contributed by atoms with van der Waals surface area (Å²) in [6.07, 6.45) is 2.72. The molecule has 0 aliphatic heterocycles. The van der Waals surface area contributed by atoms with Crippen LogP contribution < -0.4 is 0 Å². The van der Waals surface area contributed by atoms with E-state index >= 15 is 0 Å². The molecule has 0 aliphatic carbocycles. The molecular weight excluding hydrogens is 220 g/mol. The van der Waals surface area contributed by atoms with Gasteiger partial charge in [0.2, 0.25) is 0 Å². The fourth-order valence-electron chi connectivity index (χ4n) is 1.44. The molecule has 2 nitrogen and oxygen atoms in total. The highest BCUT2D eigenvalue weighted by Crippen LogP contribution is 2.23. The molecule has 0 spiro atoms. The first-order valence-electron chi connectivity index (χ1n) is 5.75. The first-order chi connectivity index (χ1) is 7.74. The average molecular weight is 240 g/mol. The van der Waals surface area contributed by atoms with Crippen LogP contribution in [0.5, 0.6) is 0 Å². The van der Waals surface area contributed by atoms with Crippen LogP contribution >= 0.6 is 11.8 Å². The third-order valence-electron chi connectivity index (χ3n) is 2.41. The summed E-state index contributed by atoms with van der Waals surface area (Å²) < 4.78 is 0. The molecule has 90 valence electrons. The molecule has 1 aromatic carbocycles. The van der Waals surface area contributed by atoms with Gasteiger partial charge in [-0.2, -0.15) is 0 Å². The molecule has 0 bridgehead atoms. The second kappa shape index (κ2) is 7.71. The van der Waals surface area contributed by atoms with Gasteiger partial charge in [0.1, 0.15) is 0 Å². The minimum Gasteiger partial charge on any atom is -0.396 e. The average Bonchev–Trinajstić information content (AvgIpc) is 2.29. The summed E-state index contributed by atoms with van der Waals surface area (Å²) >= 11 is 1.81. The fourth-order valence-corrected chi connectivity index (χ4v) is 2.42. The summed E-state index contributed by atoms with van der Waals surface area (Å²) in [5.74, 6) is 1.07. The fraction of sp³-hybridized carbons (Fsp3) is 0.538. The SMILES string of the molecule is CC(O)c1cccc(SCCCCCO)c1. The number of aliphatic hydroxyl groups is 2. The number of hydrogen-bond donors (Lipinski definition) is 2. The Balaban J connectivity index is 2.33. The van der Waals surface area contributed by atoms with E-state index in [0.717, 1.165) is 30.6 Å². The van der Waals surface area contributed by atoms with Crippen molar-refractivity contribution < 1.29 is 10.2 Å². The van der Waals surface area contributed by atoms with E-state index in [1.165, 1.54) is 4.90 Å². The van der Waals surface area contributed by atoms with E-state index < -0.39 is 6.10 Å². The van der Waals surface area contributed by atoms with Crippen LogP contribution in [0, 0.1) is 0 Å². The second-order valence-electron chi connectivity index (χ2n) is 3.88. The molecule has 0 heterocycles. The van der Waals surface area contributed by atoms with Gasteiger partial charge >= 0.3 is 0 Å². The summed E-state index contributed by atoms with van der Waals surface area (Å²) in [7, 11) is 0. The van der Waals surface area contributed by atoms with Crippen molar-refractivity contribution in [2.75, 3.05) is 12.4 Å². The Hall–Kier alpha value is -0.510. The van der Waals surface area contributed by atoms with E-state index in [9.17, 15) is 5.11 Å². The molecule has 1 atom stereocenters. The smallest absolute Gasteiger partial charge is 0.0762 e. The van der Waals surface area contributed by atoms with Gasteiger partial charge < -0.3 is 10.2 Å². The highest BCUT2D eigenvalue weighted by molar-refractivity contribution is 7.99. The van der Waals surface area contributed by atoms with E-state index in [1.54, 1.807) is 6.92 Å². The van der Waals surface area contributed by atoms with E-state index in [4.69, 9.17) is 5.11 Å². The van der Waals surface area contributed by atoms with Gasteiger partial charge in [-0.05, 0) is 43.2 Å². The molecular formula is C13H20O2S. The van der Waals surface area contributed by atoms with Gasteiger partial charge in [0, 0.05) is 11.5 Å². The van der Waals surface area contributed by atoms with Gasteiger partial charge in [-0.3, -0.25) is 0 Å². The molecule has 2 N–H and O–H groups in total. The zero-order valence-corrected chi connectivity index (χ0v) is 10.5. The van der Waals surface area contributed by atoms with Crippen LogP contribution in [0.2, 0.25) is 0 Å². The maximum atomic E-state index is 9.45. The lowest BCUT2D eigenvalue weighted by Gasteiger charge is -2.07. The molecule has 16 heavy (non-hydrogen) atoms. The summed E-state index contributed by atoms with van der Waals surface area (Å²) in [4.78, 5) is 1.21. The van der Waals surface area contributed by atoms with Crippen LogP contribution in [-0.2, 0) is 0 Å². The van der Waals surface area contributed by atoms with E-state index in [1.807, 2.05) is 30.0 Å².